The third-order valence-corrected chi connectivity index (χ3v) is 3.29. The molecule has 0 aromatic heterocycles. The van der Waals surface area contributed by atoms with Gasteiger partial charge in [-0.05, 0) is 43.9 Å². The summed E-state index contributed by atoms with van der Waals surface area (Å²) in [6.45, 7) is 2.60. The Bertz CT molecular complexity index is 445. The number of benzene rings is 1. The maximum Gasteiger partial charge on any atom is 0.226 e. The van der Waals surface area contributed by atoms with Gasteiger partial charge in [-0.2, -0.15) is 0 Å². The first-order valence-electron chi connectivity index (χ1n) is 6.42. The van der Waals surface area contributed by atoms with Crippen LogP contribution in [-0.4, -0.2) is 18.5 Å². The average molecular weight is 250 g/mol. The van der Waals surface area contributed by atoms with Gasteiger partial charge in [0.25, 0.3) is 0 Å². The van der Waals surface area contributed by atoms with Crippen LogP contribution in [0.25, 0.3) is 0 Å². The molecule has 1 atom stereocenters. The number of hydrogen-bond acceptors (Lipinski definition) is 2. The van der Waals surface area contributed by atoms with E-state index in [0.717, 1.165) is 30.5 Å². The molecular weight excluding hydrogens is 231 g/mol. The number of hydrogen-bond donors (Lipinski definition) is 1. The van der Waals surface area contributed by atoms with Gasteiger partial charge in [0, 0.05) is 24.7 Å². The van der Waals surface area contributed by atoms with Gasteiger partial charge in [0.2, 0.25) is 5.91 Å². The van der Waals surface area contributed by atoms with Gasteiger partial charge < -0.3 is 10.6 Å². The Morgan fingerprint density at radius 3 is 3.06 bits per heavy atom. The highest BCUT2D eigenvalue weighted by Crippen LogP contribution is 2.29. The number of fused-ring (bicyclic) bond motifs is 1. The van der Waals surface area contributed by atoms with Crippen molar-refractivity contribution in [1.29, 1.82) is 0 Å². The second-order valence-corrected chi connectivity index (χ2v) is 4.94. The predicted molar refractivity (Wildman–Crippen MR) is 70.0 cm³/mol. The summed E-state index contributed by atoms with van der Waals surface area (Å²) in [6.07, 6.45) is 2.93. The Balaban J connectivity index is 2.00. The molecule has 2 N–H and O–H groups in total. The van der Waals surface area contributed by atoms with Crippen molar-refractivity contribution < 1.29 is 9.18 Å². The summed E-state index contributed by atoms with van der Waals surface area (Å²) >= 11 is 0. The van der Waals surface area contributed by atoms with E-state index in [9.17, 15) is 9.18 Å². The fourth-order valence-electron chi connectivity index (χ4n) is 2.32. The Hall–Kier alpha value is -1.42. The van der Waals surface area contributed by atoms with Crippen molar-refractivity contribution in [2.45, 2.75) is 38.6 Å². The highest BCUT2D eigenvalue weighted by atomic mass is 19.1. The van der Waals surface area contributed by atoms with Gasteiger partial charge in [0.15, 0.2) is 0 Å². The fourth-order valence-corrected chi connectivity index (χ4v) is 2.32. The molecule has 0 fully saturated rings. The zero-order chi connectivity index (χ0) is 13.1. The molecule has 0 saturated carbocycles. The minimum atomic E-state index is -0.288. The monoisotopic (exact) mass is 250 g/mol. The van der Waals surface area contributed by atoms with E-state index in [1.807, 2.05) is 6.92 Å². The SMILES string of the molecule is CC(N)CCCC(=O)N1CCc2ccc(F)cc21. The van der Waals surface area contributed by atoms with Crippen molar-refractivity contribution in [2.75, 3.05) is 11.4 Å². The topological polar surface area (TPSA) is 46.3 Å². The zero-order valence-electron chi connectivity index (χ0n) is 10.7. The van der Waals surface area contributed by atoms with Crippen LogP contribution in [-0.2, 0) is 11.2 Å². The molecule has 1 aliphatic heterocycles. The van der Waals surface area contributed by atoms with E-state index in [2.05, 4.69) is 0 Å². The number of rotatable bonds is 4. The Kier molecular flexibility index (Phi) is 3.97. The molecule has 0 bridgehead atoms. The lowest BCUT2D eigenvalue weighted by Gasteiger charge is -2.17. The normalized spacial score (nSPS) is 15.6. The molecule has 1 aromatic rings. The first-order chi connectivity index (χ1) is 8.58. The van der Waals surface area contributed by atoms with Crippen molar-refractivity contribution >= 4 is 11.6 Å². The highest BCUT2D eigenvalue weighted by Gasteiger charge is 2.24. The Morgan fingerprint density at radius 1 is 1.56 bits per heavy atom. The smallest absolute Gasteiger partial charge is 0.226 e. The fraction of sp³-hybridized carbons (Fsp3) is 0.500. The van der Waals surface area contributed by atoms with Crippen molar-refractivity contribution in [1.82, 2.24) is 0 Å². The predicted octanol–water partition coefficient (Wildman–Crippen LogP) is 2.23. The minimum Gasteiger partial charge on any atom is -0.328 e. The van der Waals surface area contributed by atoms with Crippen LogP contribution in [0.3, 0.4) is 0 Å². The molecule has 0 radical (unpaired) electrons. The van der Waals surface area contributed by atoms with Gasteiger partial charge in [-0.3, -0.25) is 4.79 Å². The van der Waals surface area contributed by atoms with Crippen LogP contribution < -0.4 is 10.6 Å². The van der Waals surface area contributed by atoms with E-state index in [0.29, 0.717) is 13.0 Å². The van der Waals surface area contributed by atoms with Gasteiger partial charge in [0.05, 0.1) is 0 Å². The van der Waals surface area contributed by atoms with Crippen LogP contribution in [0.4, 0.5) is 10.1 Å². The standard InChI is InChI=1S/C14H19FN2O/c1-10(16)3-2-4-14(18)17-8-7-11-5-6-12(15)9-13(11)17/h5-6,9-10H,2-4,7-8,16H2,1H3. The third-order valence-electron chi connectivity index (χ3n) is 3.29. The lowest BCUT2D eigenvalue weighted by atomic mass is 10.1. The number of carbonyl (C=O) groups is 1. The molecule has 1 aromatic carbocycles. The first-order valence-corrected chi connectivity index (χ1v) is 6.42. The number of nitrogens with zero attached hydrogens (tertiary/aromatic N) is 1. The van der Waals surface area contributed by atoms with Crippen molar-refractivity contribution in [3.63, 3.8) is 0 Å². The van der Waals surface area contributed by atoms with Gasteiger partial charge in [0.1, 0.15) is 5.82 Å². The van der Waals surface area contributed by atoms with Gasteiger partial charge in [-0.1, -0.05) is 6.07 Å². The molecule has 1 amide bonds. The second-order valence-electron chi connectivity index (χ2n) is 4.94. The largest absolute Gasteiger partial charge is 0.328 e. The van der Waals surface area contributed by atoms with Crippen LogP contribution in [0.2, 0.25) is 0 Å². The maximum atomic E-state index is 13.2. The van der Waals surface area contributed by atoms with Crippen molar-refractivity contribution in [3.05, 3.63) is 29.6 Å². The zero-order valence-corrected chi connectivity index (χ0v) is 10.7. The minimum absolute atomic E-state index is 0.0694. The molecule has 1 unspecified atom stereocenters. The van der Waals surface area contributed by atoms with Gasteiger partial charge >= 0.3 is 0 Å². The summed E-state index contributed by atoms with van der Waals surface area (Å²) in [6, 6.07) is 4.79. The molecule has 3 nitrogen and oxygen atoms in total. The van der Waals surface area contributed by atoms with Crippen LogP contribution in [0, 0.1) is 5.82 Å². The Morgan fingerprint density at radius 2 is 2.33 bits per heavy atom. The first kappa shape index (κ1) is 13.0. The molecule has 0 saturated heterocycles. The highest BCUT2D eigenvalue weighted by molar-refractivity contribution is 5.95. The third kappa shape index (κ3) is 2.88. The summed E-state index contributed by atoms with van der Waals surface area (Å²) in [4.78, 5) is 13.8. The number of nitrogens with two attached hydrogens (primary N) is 1. The number of anilines is 1. The number of amides is 1. The van der Waals surface area contributed by atoms with E-state index in [1.165, 1.54) is 12.1 Å². The Labute approximate surface area is 107 Å². The van der Waals surface area contributed by atoms with Crippen molar-refractivity contribution in [3.8, 4) is 0 Å². The van der Waals surface area contributed by atoms with Crippen LogP contribution in [0.15, 0.2) is 18.2 Å². The maximum absolute atomic E-state index is 13.2. The molecule has 18 heavy (non-hydrogen) atoms. The van der Waals surface area contributed by atoms with E-state index < -0.39 is 0 Å². The van der Waals surface area contributed by atoms with Crippen LogP contribution in [0.5, 0.6) is 0 Å². The van der Waals surface area contributed by atoms with E-state index in [-0.39, 0.29) is 17.8 Å². The summed E-state index contributed by atoms with van der Waals surface area (Å²) in [5.41, 5.74) is 7.44. The molecule has 0 aliphatic carbocycles. The van der Waals surface area contributed by atoms with Crippen LogP contribution in [0.1, 0.15) is 31.7 Å². The van der Waals surface area contributed by atoms with Gasteiger partial charge in [-0.15, -0.1) is 0 Å². The number of halogens is 1. The number of carbonyl (C=O) groups excluding carboxylic acids is 1. The van der Waals surface area contributed by atoms with Gasteiger partial charge in [-0.25, -0.2) is 4.39 Å². The molecule has 1 heterocycles. The second kappa shape index (κ2) is 5.48. The summed E-state index contributed by atoms with van der Waals surface area (Å²) in [7, 11) is 0. The summed E-state index contributed by atoms with van der Waals surface area (Å²) in [5, 5.41) is 0. The molecular formula is C14H19FN2O. The van der Waals surface area contributed by atoms with Crippen LogP contribution >= 0.6 is 0 Å². The average Bonchev–Trinajstić information content (AvgIpc) is 2.71. The molecule has 0 spiro atoms. The summed E-state index contributed by atoms with van der Waals surface area (Å²) < 4.78 is 13.2. The molecule has 2 rings (SSSR count). The molecule has 1 aliphatic rings. The van der Waals surface area contributed by atoms with E-state index in [1.54, 1.807) is 11.0 Å². The molecule has 4 heteroatoms. The quantitative estimate of drug-likeness (QED) is 0.890. The van der Waals surface area contributed by atoms with E-state index in [4.69, 9.17) is 5.73 Å². The summed E-state index contributed by atoms with van der Waals surface area (Å²) in [5.74, 6) is -0.218. The van der Waals surface area contributed by atoms with Crippen molar-refractivity contribution in [2.24, 2.45) is 5.73 Å². The lowest BCUT2D eigenvalue weighted by Crippen LogP contribution is -2.29. The molecule has 98 valence electrons. The lowest BCUT2D eigenvalue weighted by molar-refractivity contribution is -0.118. The van der Waals surface area contributed by atoms with E-state index >= 15 is 0 Å².